The maximum atomic E-state index is 14.2. The van der Waals surface area contributed by atoms with Gasteiger partial charge in [-0.15, -0.1) is 0 Å². The van der Waals surface area contributed by atoms with E-state index in [0.29, 0.717) is 50.3 Å². The molecule has 0 bridgehead atoms. The minimum Gasteiger partial charge on any atom is -0.478 e. The zero-order valence-corrected chi connectivity index (χ0v) is 36.0. The average Bonchev–Trinajstić information content (AvgIpc) is 4.01. The van der Waals surface area contributed by atoms with Gasteiger partial charge in [-0.2, -0.15) is 0 Å². The summed E-state index contributed by atoms with van der Waals surface area (Å²) in [5.41, 5.74) is 4.98. The number of carboxylic acids is 1. The lowest BCUT2D eigenvalue weighted by atomic mass is 10.0. The maximum absolute atomic E-state index is 14.2. The van der Waals surface area contributed by atoms with Crippen molar-refractivity contribution < 1.29 is 74.8 Å². The van der Waals surface area contributed by atoms with Gasteiger partial charge in [0.1, 0.15) is 30.1 Å². The normalized spacial score (nSPS) is 20.8. The number of aliphatic hydroxyl groups excluding tert-OH is 1. The van der Waals surface area contributed by atoms with Crippen LogP contribution in [0.25, 0.3) is 0 Å². The van der Waals surface area contributed by atoms with Gasteiger partial charge < -0.3 is 50.8 Å². The Morgan fingerprint density at radius 2 is 1.35 bits per heavy atom. The molecule has 2 aromatic carbocycles. The number of nitrogens with one attached hydrogen (secondary N) is 2. The van der Waals surface area contributed by atoms with Gasteiger partial charge in [-0.1, -0.05) is 0 Å². The lowest BCUT2D eigenvalue weighted by Gasteiger charge is -2.27. The number of nitrogens with zero attached hydrogens (tertiary/aromatic N) is 3. The van der Waals surface area contributed by atoms with Crippen LogP contribution in [0.5, 0.6) is 0 Å². The Hall–Kier alpha value is -5.74. The highest BCUT2D eigenvalue weighted by molar-refractivity contribution is 5.80. The lowest BCUT2D eigenvalue weighted by molar-refractivity contribution is -0.136. The van der Waals surface area contributed by atoms with Crippen LogP contribution in [0.15, 0.2) is 36.6 Å². The molecule has 4 fully saturated rings. The Balaban J connectivity index is 0.000000245. The van der Waals surface area contributed by atoms with Crippen LogP contribution in [0.3, 0.4) is 0 Å². The topological polar surface area (TPSA) is 221 Å². The summed E-state index contributed by atoms with van der Waals surface area (Å²) in [5.74, 6) is -8.04. The van der Waals surface area contributed by atoms with Crippen LogP contribution in [0.4, 0.5) is 31.1 Å². The number of aliphatic carboxylic acids is 1. The van der Waals surface area contributed by atoms with Crippen molar-refractivity contribution in [1.29, 1.82) is 0 Å². The fraction of sp³-hybridized carbons (Fsp3) is 0.535. The second kappa shape index (κ2) is 23.4. The molecule has 2 aromatic rings. The number of halogens is 6. The van der Waals surface area contributed by atoms with Gasteiger partial charge in [-0.05, 0) is 75.6 Å². The standard InChI is InChI=1S/C21H28F3N3O3.C18H22F3N3O3.C4H4O4/c1-21(2,3)30-20(29)26-14(6-13-7-16(23)17(24)9-15(13)22)8-19(28)27-5-4-12-10-25-11-18(12)27;19-13-6-15(21)14(20)4-11(13)3-12(22)5-17(26)24-2-1-10-7-23(8-16(10)24)18(27)9-25;5-3-8-2-1-4(6)7/h7,9,12,14,18,25H,4-6,8,10-11H2,1-3H3,(H,26,29);4,6,10,12,16,25H,1-3,5,7-9,22H2;1-3H,(H,6,7)/b;;2-1+/t12-,14+,18+;10-,12+,16+;/m00./s1. The van der Waals surface area contributed by atoms with Crippen molar-refractivity contribution in [1.82, 2.24) is 25.3 Å². The fourth-order valence-electron chi connectivity index (χ4n) is 8.24. The highest BCUT2D eigenvalue weighted by atomic mass is 19.2. The molecule has 0 radical (unpaired) electrons. The van der Waals surface area contributed by atoms with Crippen molar-refractivity contribution in [2.24, 2.45) is 17.6 Å². The van der Waals surface area contributed by atoms with E-state index in [9.17, 15) is 55.1 Å². The molecule has 0 aromatic heterocycles. The molecule has 0 unspecified atom stereocenters. The van der Waals surface area contributed by atoms with Crippen molar-refractivity contribution in [3.05, 3.63) is 82.6 Å². The molecule has 0 aliphatic carbocycles. The Bertz CT molecular complexity index is 2080. The Labute approximate surface area is 371 Å². The van der Waals surface area contributed by atoms with E-state index in [1.165, 1.54) is 0 Å². The van der Waals surface area contributed by atoms with Gasteiger partial charge >= 0.3 is 12.1 Å². The molecular formula is C43H54F6N6O10. The molecule has 0 spiro atoms. The third-order valence-corrected chi connectivity index (χ3v) is 11.2. The zero-order chi connectivity index (χ0) is 48.2. The van der Waals surface area contributed by atoms with Crippen molar-refractivity contribution in [2.45, 2.75) is 89.1 Å². The quantitative estimate of drug-likeness (QED) is 0.0644. The second-order valence-electron chi connectivity index (χ2n) is 17.0. The van der Waals surface area contributed by atoms with Crippen molar-refractivity contribution in [3.8, 4) is 0 Å². The van der Waals surface area contributed by atoms with E-state index in [4.69, 9.17) is 20.7 Å². The summed E-state index contributed by atoms with van der Waals surface area (Å²) in [5, 5.41) is 22.7. The van der Waals surface area contributed by atoms with Gasteiger partial charge in [-0.25, -0.2) is 35.9 Å². The summed E-state index contributed by atoms with van der Waals surface area (Å²) in [4.78, 5) is 73.4. The summed E-state index contributed by atoms with van der Waals surface area (Å²) in [6.07, 6.45) is 2.00. The first-order valence-electron chi connectivity index (χ1n) is 20.8. The molecule has 22 heteroatoms. The van der Waals surface area contributed by atoms with Gasteiger partial charge in [0, 0.05) is 88.3 Å². The Morgan fingerprint density at radius 1 is 0.800 bits per heavy atom. The molecule has 6 N–H and O–H groups in total. The van der Waals surface area contributed by atoms with E-state index >= 15 is 0 Å². The number of fused-ring (bicyclic) bond motifs is 2. The first kappa shape index (κ1) is 51.9. The predicted octanol–water partition coefficient (Wildman–Crippen LogP) is 2.92. The predicted molar refractivity (Wildman–Crippen MR) is 218 cm³/mol. The van der Waals surface area contributed by atoms with Crippen LogP contribution < -0.4 is 16.4 Å². The number of rotatable bonds is 13. The number of aliphatic hydroxyl groups is 1. The van der Waals surface area contributed by atoms with Gasteiger partial charge in [0.2, 0.25) is 17.7 Å². The average molecular weight is 929 g/mol. The van der Waals surface area contributed by atoms with E-state index in [1.807, 2.05) is 0 Å². The first-order valence-corrected chi connectivity index (χ1v) is 20.8. The number of carboxylic acid groups (broad SMARTS) is 1. The molecule has 65 heavy (non-hydrogen) atoms. The minimum atomic E-state index is -1.29. The van der Waals surface area contributed by atoms with Gasteiger partial charge in [-0.3, -0.25) is 19.2 Å². The summed E-state index contributed by atoms with van der Waals surface area (Å²) >= 11 is 0. The first-order chi connectivity index (χ1) is 30.6. The molecular weight excluding hydrogens is 874 g/mol. The van der Waals surface area contributed by atoms with E-state index < -0.39 is 71.3 Å². The molecule has 16 nitrogen and oxygen atoms in total. The molecule has 4 amide bonds. The van der Waals surface area contributed by atoms with Crippen LogP contribution >= 0.6 is 0 Å². The number of hydrogen-bond acceptors (Lipinski definition) is 11. The van der Waals surface area contributed by atoms with E-state index in [0.717, 1.165) is 44.3 Å². The molecule has 4 saturated heterocycles. The molecule has 4 aliphatic rings. The van der Waals surface area contributed by atoms with Crippen molar-refractivity contribution in [3.63, 3.8) is 0 Å². The van der Waals surface area contributed by atoms with Crippen LogP contribution in [-0.2, 0) is 46.3 Å². The highest BCUT2D eigenvalue weighted by Gasteiger charge is 2.45. The number of benzene rings is 2. The summed E-state index contributed by atoms with van der Waals surface area (Å²) < 4.78 is 90.2. The minimum absolute atomic E-state index is 0.0599. The summed E-state index contributed by atoms with van der Waals surface area (Å²) in [6, 6.07) is 0.872. The molecule has 6 atom stereocenters. The molecule has 4 aliphatic heterocycles. The van der Waals surface area contributed by atoms with Crippen molar-refractivity contribution >= 4 is 36.3 Å². The number of ether oxygens (including phenoxy) is 2. The van der Waals surface area contributed by atoms with Crippen LogP contribution in [0.2, 0.25) is 0 Å². The van der Waals surface area contributed by atoms with Crippen LogP contribution in [0.1, 0.15) is 57.6 Å². The number of alkyl carbamates (subject to hydrolysis) is 1. The SMILES string of the molecule is CC(C)(C)OC(=O)N[C@@H](CC(=O)N1CC[C@H]2CNC[C@H]21)Cc1cc(F)c(F)cc1F.N[C@@H](CC(=O)N1CC[C@H]2CN(C(=O)CO)C[C@H]21)Cc1cc(F)c(F)cc1F.O=CO/C=C/C(=O)O. The smallest absolute Gasteiger partial charge is 0.407 e. The number of hydrogen-bond donors (Lipinski definition) is 5. The second-order valence-corrected chi connectivity index (χ2v) is 17.0. The van der Waals surface area contributed by atoms with Crippen LogP contribution in [0, 0.1) is 46.7 Å². The monoisotopic (exact) mass is 928 g/mol. The fourth-order valence-corrected chi connectivity index (χ4v) is 8.24. The largest absolute Gasteiger partial charge is 0.478 e. The van der Waals surface area contributed by atoms with Gasteiger partial charge in [0.25, 0.3) is 6.47 Å². The third-order valence-electron chi connectivity index (χ3n) is 11.2. The van der Waals surface area contributed by atoms with E-state index in [1.54, 1.807) is 35.5 Å². The Kier molecular flexibility index (Phi) is 18.7. The summed E-state index contributed by atoms with van der Waals surface area (Å²) in [6.45, 7) is 8.33. The zero-order valence-electron chi connectivity index (χ0n) is 36.0. The number of nitrogens with two attached hydrogens (primary N) is 1. The molecule has 0 saturated carbocycles. The van der Waals surface area contributed by atoms with Gasteiger partial charge in [0.15, 0.2) is 23.3 Å². The maximum Gasteiger partial charge on any atom is 0.407 e. The van der Waals surface area contributed by atoms with E-state index in [2.05, 4.69) is 15.4 Å². The number of carbonyl (C=O) groups is 6. The summed E-state index contributed by atoms with van der Waals surface area (Å²) in [7, 11) is 0. The van der Waals surface area contributed by atoms with Crippen molar-refractivity contribution in [2.75, 3.05) is 45.9 Å². The number of likely N-dealkylation sites (tertiary alicyclic amines) is 3. The molecule has 4 heterocycles. The van der Waals surface area contributed by atoms with Gasteiger partial charge in [0.05, 0.1) is 12.1 Å². The lowest BCUT2D eigenvalue weighted by Crippen LogP contribution is -2.46. The van der Waals surface area contributed by atoms with E-state index in [-0.39, 0.29) is 79.0 Å². The Morgan fingerprint density at radius 3 is 1.92 bits per heavy atom. The molecule has 6 rings (SSSR count). The third kappa shape index (κ3) is 15.2. The number of amides is 4. The highest BCUT2D eigenvalue weighted by Crippen LogP contribution is 2.32. The van der Waals surface area contributed by atoms with Crippen LogP contribution in [-0.4, -0.2) is 137 Å². The number of carbonyl (C=O) groups excluding carboxylic acids is 5. The molecule has 358 valence electrons.